The Bertz CT molecular complexity index is 4330. The van der Waals surface area contributed by atoms with E-state index in [4.69, 9.17) is 0 Å². The molecule has 0 atom stereocenters. The molecule has 77 heavy (non-hydrogen) atoms. The van der Waals surface area contributed by atoms with Crippen LogP contribution in [0.2, 0.25) is 0 Å². The summed E-state index contributed by atoms with van der Waals surface area (Å²) in [5.41, 5.74) is 30.4. The average Bonchev–Trinajstić information content (AvgIpc) is 3.89. The standard InChI is InChI=1S/C72H47B2N3/c1-4-24-48(25-5-1)51-30-13-18-39-62(51)75-65-42-21-17-38-59(65)74-61-47-69-60(46-70(61)77(68-45-23-44-67(75)72(68)74)64-41-20-15-32-53(64)50-28-8-3-9-29-50)73-58-37-16-12-35-56(58)54-33-10-11-34-55(54)57-36-22-43-66(71(57)73)76(69)63-40-19-14-31-52(63)49-26-6-2-7-27-49/h1-47H. The maximum Gasteiger partial charge on any atom is 0.252 e. The van der Waals surface area contributed by atoms with Gasteiger partial charge >= 0.3 is 0 Å². The Morgan fingerprint density at radius 3 is 0.987 bits per heavy atom. The number of hydrogen-bond donors (Lipinski definition) is 0. The van der Waals surface area contributed by atoms with Crippen LogP contribution in [0.4, 0.5) is 51.2 Å². The van der Waals surface area contributed by atoms with Crippen LogP contribution < -0.4 is 47.5 Å². The van der Waals surface area contributed by atoms with E-state index in [2.05, 4.69) is 300 Å². The topological polar surface area (TPSA) is 9.72 Å². The van der Waals surface area contributed by atoms with Crippen LogP contribution >= 0.6 is 0 Å². The highest BCUT2D eigenvalue weighted by atomic mass is 15.2. The Hall–Kier alpha value is -9.83. The summed E-state index contributed by atoms with van der Waals surface area (Å²) in [6.45, 7) is -0.199. The normalized spacial score (nSPS) is 13.1. The van der Waals surface area contributed by atoms with Crippen molar-refractivity contribution in [1.29, 1.82) is 0 Å². The highest BCUT2D eigenvalue weighted by Gasteiger charge is 2.47. The molecule has 0 spiro atoms. The van der Waals surface area contributed by atoms with Crippen molar-refractivity contribution < 1.29 is 0 Å². The predicted octanol–water partition coefficient (Wildman–Crippen LogP) is 14.7. The van der Waals surface area contributed by atoms with Crippen molar-refractivity contribution in [1.82, 2.24) is 0 Å². The van der Waals surface area contributed by atoms with Gasteiger partial charge in [0.2, 0.25) is 6.71 Å². The molecule has 0 saturated carbocycles. The summed E-state index contributed by atoms with van der Waals surface area (Å²) in [5, 5.41) is 0. The summed E-state index contributed by atoms with van der Waals surface area (Å²) in [5.74, 6) is 0. The first kappa shape index (κ1) is 43.6. The SMILES string of the molecule is c1ccc(-c2ccccc2N2c3cc4c(cc3B3c5ccccc5-c5ccccc5-c5cccc2c53)N(c2ccccc2-c2ccccc2)c2cccc3c2B4c2ccccc2N3c2ccccc2-c2ccccc2)cc1. The van der Waals surface area contributed by atoms with Crippen LogP contribution in [-0.2, 0) is 0 Å². The molecule has 4 heterocycles. The Balaban J connectivity index is 1.04. The molecular weight excluding hydrogens is 928 g/mol. The van der Waals surface area contributed by atoms with E-state index in [-0.39, 0.29) is 13.4 Å². The molecule has 3 nitrogen and oxygen atoms in total. The maximum absolute atomic E-state index is 2.62. The molecule has 0 radical (unpaired) electrons. The smallest absolute Gasteiger partial charge is 0.252 e. The summed E-state index contributed by atoms with van der Waals surface area (Å²) < 4.78 is 0. The molecule has 0 fully saturated rings. The van der Waals surface area contributed by atoms with Crippen molar-refractivity contribution in [2.75, 3.05) is 14.7 Å². The van der Waals surface area contributed by atoms with Gasteiger partial charge in [-0.25, -0.2) is 0 Å². The van der Waals surface area contributed by atoms with Crippen LogP contribution in [0, 0.1) is 0 Å². The fraction of sp³-hybridized carbons (Fsp3) is 0. The van der Waals surface area contributed by atoms with Crippen molar-refractivity contribution >= 4 is 97.4 Å². The van der Waals surface area contributed by atoms with Gasteiger partial charge in [0, 0.05) is 50.8 Å². The lowest BCUT2D eigenvalue weighted by molar-refractivity contribution is 1.25. The van der Waals surface area contributed by atoms with Crippen LogP contribution in [0.15, 0.2) is 285 Å². The Morgan fingerprint density at radius 1 is 0.182 bits per heavy atom. The van der Waals surface area contributed by atoms with Crippen LogP contribution in [0.25, 0.3) is 55.6 Å². The first-order valence-corrected chi connectivity index (χ1v) is 26.8. The van der Waals surface area contributed by atoms with Gasteiger partial charge in [0.15, 0.2) is 0 Å². The highest BCUT2D eigenvalue weighted by molar-refractivity contribution is 7.02. The van der Waals surface area contributed by atoms with Gasteiger partial charge in [-0.3, -0.25) is 0 Å². The lowest BCUT2D eigenvalue weighted by atomic mass is 9.31. The first-order chi connectivity index (χ1) is 38.3. The quantitative estimate of drug-likeness (QED) is 0.154. The molecule has 0 amide bonds. The third kappa shape index (κ3) is 6.54. The van der Waals surface area contributed by atoms with Crippen LogP contribution in [-0.4, -0.2) is 13.4 Å². The van der Waals surface area contributed by atoms with E-state index in [1.165, 1.54) is 123 Å². The van der Waals surface area contributed by atoms with Gasteiger partial charge in [0.1, 0.15) is 0 Å². The summed E-state index contributed by atoms with van der Waals surface area (Å²) in [6, 6.07) is 106. The number of hydrogen-bond acceptors (Lipinski definition) is 3. The molecule has 12 aromatic rings. The minimum Gasteiger partial charge on any atom is -0.311 e. The van der Waals surface area contributed by atoms with E-state index in [0.717, 1.165) is 17.1 Å². The third-order valence-electron chi connectivity index (χ3n) is 16.7. The first-order valence-electron chi connectivity index (χ1n) is 26.8. The van der Waals surface area contributed by atoms with Crippen LogP contribution in [0.5, 0.6) is 0 Å². The van der Waals surface area contributed by atoms with E-state index in [1.54, 1.807) is 0 Å². The van der Waals surface area contributed by atoms with Crippen molar-refractivity contribution in [2.45, 2.75) is 0 Å². The van der Waals surface area contributed by atoms with E-state index < -0.39 is 0 Å². The Kier molecular flexibility index (Phi) is 9.83. The molecule has 4 aliphatic rings. The van der Waals surface area contributed by atoms with Gasteiger partial charge < -0.3 is 14.7 Å². The van der Waals surface area contributed by atoms with Gasteiger partial charge in [-0.15, -0.1) is 0 Å². The zero-order chi connectivity index (χ0) is 50.6. The molecular formula is C72H47B2N3. The fourth-order valence-electron chi connectivity index (χ4n) is 13.6. The van der Waals surface area contributed by atoms with Crippen molar-refractivity contribution in [2.24, 2.45) is 0 Å². The van der Waals surface area contributed by atoms with Crippen molar-refractivity contribution in [3.8, 4) is 55.6 Å². The zero-order valence-corrected chi connectivity index (χ0v) is 42.1. The second-order valence-electron chi connectivity index (χ2n) is 20.6. The van der Waals surface area contributed by atoms with E-state index >= 15 is 0 Å². The predicted molar refractivity (Wildman–Crippen MR) is 327 cm³/mol. The molecule has 5 heteroatoms. The molecule has 0 aromatic heterocycles. The average molecular weight is 976 g/mol. The zero-order valence-electron chi connectivity index (χ0n) is 42.1. The number of para-hydroxylation sites is 4. The second kappa shape index (κ2) is 17.4. The summed E-state index contributed by atoms with van der Waals surface area (Å²) >= 11 is 0. The largest absolute Gasteiger partial charge is 0.311 e. The second-order valence-corrected chi connectivity index (χ2v) is 20.6. The van der Waals surface area contributed by atoms with E-state index in [0.29, 0.717) is 0 Å². The number of benzene rings is 12. The molecule has 0 aliphatic carbocycles. The monoisotopic (exact) mass is 975 g/mol. The van der Waals surface area contributed by atoms with Gasteiger partial charge in [-0.2, -0.15) is 0 Å². The van der Waals surface area contributed by atoms with Gasteiger partial charge in [0.25, 0.3) is 6.71 Å². The van der Waals surface area contributed by atoms with E-state index in [9.17, 15) is 0 Å². The molecule has 12 aromatic carbocycles. The van der Waals surface area contributed by atoms with Crippen LogP contribution in [0.1, 0.15) is 0 Å². The van der Waals surface area contributed by atoms with Gasteiger partial charge in [0.05, 0.1) is 17.1 Å². The van der Waals surface area contributed by atoms with Crippen LogP contribution in [0.3, 0.4) is 0 Å². The molecule has 0 saturated heterocycles. The molecule has 356 valence electrons. The Morgan fingerprint density at radius 2 is 0.494 bits per heavy atom. The molecule has 4 aliphatic heterocycles. The maximum atomic E-state index is 2.62. The van der Waals surface area contributed by atoms with Crippen molar-refractivity contribution in [3.05, 3.63) is 285 Å². The number of rotatable bonds is 6. The van der Waals surface area contributed by atoms with Crippen molar-refractivity contribution in [3.63, 3.8) is 0 Å². The lowest BCUT2D eigenvalue weighted by Crippen LogP contribution is -2.63. The van der Waals surface area contributed by atoms with E-state index in [1.807, 2.05) is 0 Å². The lowest BCUT2D eigenvalue weighted by Gasteiger charge is -2.46. The fourth-order valence-corrected chi connectivity index (χ4v) is 13.6. The summed E-state index contributed by atoms with van der Waals surface area (Å²) in [6.07, 6.45) is 0. The highest BCUT2D eigenvalue weighted by Crippen LogP contribution is 2.50. The Labute approximate surface area is 450 Å². The minimum atomic E-state index is -0.109. The number of anilines is 9. The minimum absolute atomic E-state index is 0.0900. The molecule has 16 rings (SSSR count). The summed E-state index contributed by atoms with van der Waals surface area (Å²) in [7, 11) is 0. The number of nitrogens with zero attached hydrogens (tertiary/aromatic N) is 3. The molecule has 0 unspecified atom stereocenters. The molecule has 0 N–H and O–H groups in total. The number of fused-ring (bicyclic) bond motifs is 11. The van der Waals surface area contributed by atoms with Gasteiger partial charge in [-0.1, -0.05) is 236 Å². The summed E-state index contributed by atoms with van der Waals surface area (Å²) in [4.78, 5) is 7.77. The molecule has 0 bridgehead atoms. The van der Waals surface area contributed by atoms with Gasteiger partial charge in [-0.05, 0) is 121 Å². The third-order valence-corrected chi connectivity index (χ3v) is 16.7.